The molecular formula is C26H40N4O4S3V2Y2-4. The normalized spacial score (nSPS) is 8.63. The van der Waals surface area contributed by atoms with E-state index < -0.39 is 0 Å². The molecule has 0 saturated carbocycles. The van der Waals surface area contributed by atoms with Gasteiger partial charge in [-0.05, 0) is 68.4 Å². The molecule has 226 valence electrons. The van der Waals surface area contributed by atoms with Crippen LogP contribution in [0.25, 0.3) is 0 Å². The minimum Gasteiger partial charge on any atom is -0.473 e. The van der Waals surface area contributed by atoms with Crippen LogP contribution in [0.2, 0.25) is 0 Å². The maximum Gasteiger partial charge on any atom is 0.373 e. The third kappa shape index (κ3) is 43.6. The zero-order chi connectivity index (χ0) is 27.0. The fraction of sp³-hybridized carbons (Fsp3) is 0.385. The molecule has 0 spiro atoms. The van der Waals surface area contributed by atoms with Crippen LogP contribution in [0.5, 0.6) is 0 Å². The average Bonchev–Trinajstić information content (AvgIpc) is 2.83. The molecule has 2 aromatic heterocycles. The first-order chi connectivity index (χ1) is 16.6. The Morgan fingerprint density at radius 3 is 1.68 bits per heavy atom. The van der Waals surface area contributed by atoms with E-state index in [1.54, 1.807) is 10.8 Å². The van der Waals surface area contributed by atoms with E-state index in [1.807, 2.05) is 65.3 Å². The summed E-state index contributed by atoms with van der Waals surface area (Å²) >= 11 is 1.94. The van der Waals surface area contributed by atoms with E-state index in [0.29, 0.717) is 0 Å². The predicted octanol–water partition coefficient (Wildman–Crippen LogP) is 5.57. The van der Waals surface area contributed by atoms with Gasteiger partial charge in [0.25, 0.3) is 0 Å². The molecular weight excluding hydrogens is 808 g/mol. The number of carbonyl (C=O) groups excluding carboxylic acids is 4. The second-order valence-corrected chi connectivity index (χ2v) is 12.3. The van der Waals surface area contributed by atoms with E-state index in [1.165, 1.54) is 0 Å². The van der Waals surface area contributed by atoms with Gasteiger partial charge in [0.05, 0.1) is 5.69 Å². The van der Waals surface area contributed by atoms with E-state index >= 15 is 0 Å². The second-order valence-electron chi connectivity index (χ2n) is 7.81. The molecule has 0 bridgehead atoms. The summed E-state index contributed by atoms with van der Waals surface area (Å²) < 4.78 is 0.451. The fourth-order valence-corrected chi connectivity index (χ4v) is 5.17. The Kier molecular flexibility index (Phi) is 62.0. The molecule has 0 aromatic carbocycles. The van der Waals surface area contributed by atoms with Crippen molar-refractivity contribution in [3.8, 4) is 0 Å². The third-order valence-electron chi connectivity index (χ3n) is 3.78. The molecule has 2 N–H and O–H groups in total. The first kappa shape index (κ1) is 61.4. The van der Waals surface area contributed by atoms with Gasteiger partial charge in [-0.3, -0.25) is 19.1 Å². The molecule has 0 fully saturated rings. The van der Waals surface area contributed by atoms with E-state index in [-0.39, 0.29) is 139 Å². The summed E-state index contributed by atoms with van der Waals surface area (Å²) in [7, 11) is 10.8. The summed E-state index contributed by atoms with van der Waals surface area (Å²) in [6, 6.07) is 12.0. The number of aromatic nitrogens is 2. The molecule has 0 aliphatic carbocycles. The zero-order valence-electron chi connectivity index (χ0n) is 24.7. The van der Waals surface area contributed by atoms with Crippen molar-refractivity contribution in [2.75, 3.05) is 13.1 Å². The third-order valence-corrected chi connectivity index (χ3v) is 8.41. The van der Waals surface area contributed by atoms with Crippen molar-refractivity contribution < 1.29 is 122 Å². The summed E-state index contributed by atoms with van der Waals surface area (Å²) in [5.74, 6) is 0.977. The van der Waals surface area contributed by atoms with Gasteiger partial charge in [0.15, 0.2) is 0 Å². The van der Waals surface area contributed by atoms with E-state index in [0.717, 1.165) is 36.0 Å². The molecule has 2 heterocycles. The molecule has 2 aromatic rings. The Morgan fingerprint density at radius 1 is 0.805 bits per heavy atom. The first-order valence-corrected chi connectivity index (χ1v) is 13.5. The molecule has 0 amide bonds. The van der Waals surface area contributed by atoms with Crippen LogP contribution in [-0.2, 0) is 127 Å². The van der Waals surface area contributed by atoms with Crippen LogP contribution in [0.4, 0.5) is 0 Å². The monoisotopic (exact) mass is 848 g/mol. The van der Waals surface area contributed by atoms with Crippen molar-refractivity contribution >= 4 is 45.7 Å². The second kappa shape index (κ2) is 41.4. The minimum atomic E-state index is 0. The summed E-state index contributed by atoms with van der Waals surface area (Å²) in [6.45, 7) is 10.7. The van der Waals surface area contributed by atoms with Crippen LogP contribution >= 0.6 is 33.3 Å². The van der Waals surface area contributed by atoms with E-state index in [4.69, 9.17) is 19.2 Å². The number of nitrogens with zero attached hydrogens (tertiary/aromatic N) is 2. The van der Waals surface area contributed by atoms with Gasteiger partial charge in [0.1, 0.15) is 5.03 Å². The Hall–Kier alpha value is 1.41. The van der Waals surface area contributed by atoms with Gasteiger partial charge in [0.2, 0.25) is 0 Å². The fourth-order valence-electron chi connectivity index (χ4n) is 2.10. The molecule has 41 heavy (non-hydrogen) atoms. The number of thioether (sulfide) groups is 1. The van der Waals surface area contributed by atoms with Crippen LogP contribution in [0.15, 0.2) is 53.8 Å². The zero-order valence-corrected chi connectivity index (χ0v) is 35.6. The maximum absolute atomic E-state index is 8.12. The van der Waals surface area contributed by atoms with Crippen LogP contribution in [0, 0.1) is 28.9 Å². The van der Waals surface area contributed by atoms with Gasteiger partial charge in [-0.25, -0.2) is 4.98 Å². The van der Waals surface area contributed by atoms with Crippen molar-refractivity contribution in [2.24, 2.45) is 0 Å². The van der Waals surface area contributed by atoms with Crippen LogP contribution < -0.4 is 10.6 Å². The molecule has 8 nitrogen and oxygen atoms in total. The van der Waals surface area contributed by atoms with Gasteiger partial charge in [-0.1, -0.05) is 36.8 Å². The smallest absolute Gasteiger partial charge is 0.373 e. The molecule has 2 rings (SSSR count). The van der Waals surface area contributed by atoms with Crippen LogP contribution in [0.3, 0.4) is 0 Å². The minimum absolute atomic E-state index is 0. The Balaban J connectivity index is -0.0000000660. The number of rotatable bonds is 11. The van der Waals surface area contributed by atoms with Crippen molar-refractivity contribution in [1.82, 2.24) is 20.6 Å². The Bertz CT molecular complexity index is 841. The maximum atomic E-state index is 8.12. The van der Waals surface area contributed by atoms with E-state index in [9.17, 15) is 0 Å². The summed E-state index contributed by atoms with van der Waals surface area (Å²) in [4.78, 5) is 41.1. The van der Waals surface area contributed by atoms with Crippen molar-refractivity contribution in [1.29, 1.82) is 0 Å². The van der Waals surface area contributed by atoms with Gasteiger partial charge in [-0.15, -0.1) is 11.8 Å². The standard InChI is InChI=1S/C12H19N2S.C10H15N2S2.2CO2.2CH3.2V.2Y/c1-12(2,7-9-13-3)15-10-11-6-4-5-8-14-11;1-10(2,8-11-3)14-13-9-6-4-5-7-12-9;2*2-1-3;;;;;;/h4-6,8,13H,3,7,9-10H2,1-2H3;4-7,11H,3,8H2,1-2H3;;;2*1H3;;;;/q2*-1;;;2*-1;;;;. The molecule has 4 radical (unpaired) electrons. The van der Waals surface area contributed by atoms with Gasteiger partial charge >= 0.3 is 12.3 Å². The summed E-state index contributed by atoms with van der Waals surface area (Å²) in [5.41, 5.74) is 1.15. The number of nitrogens with one attached hydrogen (secondary N) is 2. The molecule has 0 atom stereocenters. The van der Waals surface area contributed by atoms with Crippen molar-refractivity contribution in [2.45, 2.75) is 54.4 Å². The molecule has 0 unspecified atom stereocenters. The topological polar surface area (TPSA) is 118 Å². The predicted molar refractivity (Wildman–Crippen MR) is 156 cm³/mol. The molecule has 0 saturated heterocycles. The molecule has 15 heteroatoms. The number of hydrogen-bond donors (Lipinski definition) is 2. The van der Waals surface area contributed by atoms with Gasteiger partial charge in [-0.2, -0.15) is 19.2 Å². The largest absolute Gasteiger partial charge is 0.473 e. The van der Waals surface area contributed by atoms with Crippen molar-refractivity contribution in [3.05, 3.63) is 83.4 Å². The van der Waals surface area contributed by atoms with Crippen molar-refractivity contribution in [3.63, 3.8) is 0 Å². The van der Waals surface area contributed by atoms with Gasteiger partial charge in [0, 0.05) is 130 Å². The summed E-state index contributed by atoms with van der Waals surface area (Å²) in [5, 5.41) is 6.93. The van der Waals surface area contributed by atoms with Gasteiger partial charge < -0.3 is 25.5 Å². The van der Waals surface area contributed by atoms with Crippen LogP contribution in [-0.4, -0.2) is 44.9 Å². The SMILES string of the molecule is O=C=O.O=C=O.[CH2-]NCC(C)(C)SSc1ccccn1.[CH2-]NCCC(C)(C)SCc1ccccn1.[CH3-].[CH3-].[V].[V].[Y].[Y]. The summed E-state index contributed by atoms with van der Waals surface area (Å²) in [6.07, 6.45) is 5.28. The first-order valence-electron chi connectivity index (χ1n) is 10.4. The molecule has 0 aliphatic rings. The van der Waals surface area contributed by atoms with Crippen LogP contribution in [0.1, 0.15) is 39.8 Å². The number of hydrogen-bond acceptors (Lipinski definition) is 11. The Labute approximate surface area is 334 Å². The van der Waals surface area contributed by atoms with E-state index in [2.05, 4.69) is 68.5 Å². The average molecular weight is 849 g/mol. The Morgan fingerprint density at radius 2 is 1.29 bits per heavy atom. The quantitative estimate of drug-likeness (QED) is 0.219. The number of pyridine rings is 2. The molecule has 0 aliphatic heterocycles.